The van der Waals surface area contributed by atoms with E-state index in [0.717, 1.165) is 0 Å². The first kappa shape index (κ1) is 21.6. The van der Waals surface area contributed by atoms with Gasteiger partial charge in [-0.15, -0.1) is 11.6 Å². The van der Waals surface area contributed by atoms with Gasteiger partial charge in [0.2, 0.25) is 0 Å². The van der Waals surface area contributed by atoms with Crippen LogP contribution in [0.1, 0.15) is 41.7 Å². The molecule has 7 nitrogen and oxygen atoms in total. The van der Waals surface area contributed by atoms with Crippen molar-refractivity contribution in [1.82, 2.24) is 4.98 Å². The quantitative estimate of drug-likeness (QED) is 0.504. The molecule has 8 heteroatoms. The summed E-state index contributed by atoms with van der Waals surface area (Å²) in [4.78, 5) is 45.1. The number of alkyl halides is 1. The molecule has 5 atom stereocenters. The van der Waals surface area contributed by atoms with Crippen LogP contribution in [0.15, 0.2) is 60.0 Å². The number of carbonyl (C=O) groups excluding carboxylic acids is 3. The average Bonchev–Trinajstić information content (AvgIpc) is 3.13. The number of esters is 1. The van der Waals surface area contributed by atoms with E-state index < -0.39 is 23.8 Å². The molecule has 1 fully saturated rings. The largest absolute Gasteiger partial charge is 0.483 e. The number of anilines is 1. The van der Waals surface area contributed by atoms with Gasteiger partial charge in [0.1, 0.15) is 11.9 Å². The van der Waals surface area contributed by atoms with E-state index in [4.69, 9.17) is 21.1 Å². The van der Waals surface area contributed by atoms with Crippen LogP contribution >= 0.6 is 11.6 Å². The number of ketones is 1. The van der Waals surface area contributed by atoms with Crippen molar-refractivity contribution in [2.24, 2.45) is 11.8 Å². The van der Waals surface area contributed by atoms with E-state index in [9.17, 15) is 14.4 Å². The van der Waals surface area contributed by atoms with Crippen LogP contribution in [0, 0.1) is 11.8 Å². The number of pyridine rings is 1. The third kappa shape index (κ3) is 3.51. The van der Waals surface area contributed by atoms with Gasteiger partial charge in [-0.2, -0.15) is 0 Å². The van der Waals surface area contributed by atoms with Gasteiger partial charge < -0.3 is 9.47 Å². The lowest BCUT2D eigenvalue weighted by molar-refractivity contribution is -0.132. The summed E-state index contributed by atoms with van der Waals surface area (Å²) in [5.41, 5.74) is 1.38. The van der Waals surface area contributed by atoms with Gasteiger partial charge in [0.05, 0.1) is 30.2 Å². The van der Waals surface area contributed by atoms with Crippen LogP contribution in [-0.2, 0) is 19.1 Å². The van der Waals surface area contributed by atoms with E-state index >= 15 is 0 Å². The van der Waals surface area contributed by atoms with Crippen molar-refractivity contribution in [3.05, 3.63) is 71.1 Å². The zero-order chi connectivity index (χ0) is 23.3. The zero-order valence-electron chi connectivity index (χ0n) is 18.2. The number of Topliss-reactive ketones (excluding diaryl/α,β-unsaturated/α-hetero) is 1. The maximum atomic E-state index is 13.8. The van der Waals surface area contributed by atoms with Crippen LogP contribution in [-0.4, -0.2) is 41.2 Å². The SMILES string of the molecule is COC(=O)c1ccc(C2C3=C(OC4CC(C)C(Cl)CC4C3=O)C(=O)N2c2ccccn2)cc1. The van der Waals surface area contributed by atoms with Crippen LogP contribution in [0.4, 0.5) is 5.82 Å². The third-order valence-electron chi connectivity index (χ3n) is 6.75. The van der Waals surface area contributed by atoms with Crippen LogP contribution in [0.25, 0.3) is 0 Å². The molecule has 1 aliphatic carbocycles. The maximum absolute atomic E-state index is 13.8. The molecular formula is C25H23ClN2O5. The van der Waals surface area contributed by atoms with Crippen molar-refractivity contribution >= 4 is 35.1 Å². The lowest BCUT2D eigenvalue weighted by Crippen LogP contribution is -2.44. The Kier molecular flexibility index (Phi) is 5.44. The van der Waals surface area contributed by atoms with Gasteiger partial charge >= 0.3 is 5.97 Å². The Hall–Kier alpha value is -3.19. The fourth-order valence-corrected chi connectivity index (χ4v) is 5.28. The molecule has 0 radical (unpaired) electrons. The highest BCUT2D eigenvalue weighted by Gasteiger charge is 2.54. The smallest absolute Gasteiger partial charge is 0.337 e. The first-order chi connectivity index (χ1) is 15.9. The van der Waals surface area contributed by atoms with Crippen molar-refractivity contribution < 1.29 is 23.9 Å². The van der Waals surface area contributed by atoms with Gasteiger partial charge in [-0.1, -0.05) is 25.1 Å². The molecule has 3 heterocycles. The number of methoxy groups -OCH3 is 1. The predicted octanol–water partition coefficient (Wildman–Crippen LogP) is 3.83. The minimum atomic E-state index is -0.712. The molecule has 0 N–H and O–H groups in total. The molecule has 2 aliphatic heterocycles. The first-order valence-corrected chi connectivity index (χ1v) is 11.4. The standard InChI is InChI=1S/C25H23ClN2O5/c1-13-11-18-16(12-17(13)26)22(29)20-21(14-6-8-15(9-7-14)25(31)32-2)28(24(30)23(20)33-18)19-5-3-4-10-27-19/h3-10,13,16-18,21H,11-12H2,1-2H3. The highest BCUT2D eigenvalue weighted by Crippen LogP contribution is 2.49. The molecule has 5 rings (SSSR count). The number of rotatable bonds is 3. The molecule has 2 aromatic rings. The number of halogens is 1. The topological polar surface area (TPSA) is 85.8 Å². The summed E-state index contributed by atoms with van der Waals surface area (Å²) < 4.78 is 11.0. The molecule has 3 aliphatic rings. The van der Waals surface area contributed by atoms with Crippen molar-refractivity contribution in [3.63, 3.8) is 0 Å². The molecule has 0 bridgehead atoms. The Morgan fingerprint density at radius 3 is 2.58 bits per heavy atom. The minimum Gasteiger partial charge on any atom is -0.483 e. The van der Waals surface area contributed by atoms with Crippen molar-refractivity contribution in [3.8, 4) is 0 Å². The van der Waals surface area contributed by atoms with E-state index in [-0.39, 0.29) is 28.9 Å². The number of hydrogen-bond donors (Lipinski definition) is 0. The number of carbonyl (C=O) groups is 3. The van der Waals surface area contributed by atoms with Crippen molar-refractivity contribution in [2.45, 2.75) is 37.3 Å². The number of benzene rings is 1. The molecule has 1 amide bonds. The van der Waals surface area contributed by atoms with E-state index in [2.05, 4.69) is 4.98 Å². The Labute approximate surface area is 196 Å². The van der Waals surface area contributed by atoms with E-state index in [0.29, 0.717) is 35.4 Å². The average molecular weight is 467 g/mol. The maximum Gasteiger partial charge on any atom is 0.337 e. The molecule has 33 heavy (non-hydrogen) atoms. The fraction of sp³-hybridized carbons (Fsp3) is 0.360. The minimum absolute atomic E-state index is 0.0918. The molecule has 1 saturated carbocycles. The van der Waals surface area contributed by atoms with E-state index in [1.165, 1.54) is 12.0 Å². The Bertz CT molecular complexity index is 1150. The number of hydrogen-bond acceptors (Lipinski definition) is 6. The second kappa shape index (κ2) is 8.30. The lowest BCUT2D eigenvalue weighted by atomic mass is 9.74. The van der Waals surface area contributed by atoms with E-state index in [1.54, 1.807) is 48.7 Å². The van der Waals surface area contributed by atoms with Gasteiger partial charge in [0, 0.05) is 11.6 Å². The summed E-state index contributed by atoms with van der Waals surface area (Å²) in [6.45, 7) is 2.04. The summed E-state index contributed by atoms with van der Waals surface area (Å²) in [5, 5.41) is -0.122. The predicted molar refractivity (Wildman–Crippen MR) is 121 cm³/mol. The summed E-state index contributed by atoms with van der Waals surface area (Å²) in [6, 6.07) is 11.2. The molecule has 0 spiro atoms. The van der Waals surface area contributed by atoms with Gasteiger partial charge in [-0.25, -0.2) is 9.78 Å². The molecule has 170 valence electrons. The van der Waals surface area contributed by atoms with Crippen LogP contribution in [0.5, 0.6) is 0 Å². The Morgan fingerprint density at radius 1 is 1.15 bits per heavy atom. The number of nitrogens with zero attached hydrogens (tertiary/aromatic N) is 2. The molecule has 1 aromatic carbocycles. The normalized spacial score (nSPS) is 28.8. The number of aromatic nitrogens is 1. The molecular weight excluding hydrogens is 444 g/mol. The summed E-state index contributed by atoms with van der Waals surface area (Å²) in [7, 11) is 1.31. The van der Waals surface area contributed by atoms with Crippen LogP contribution in [0.3, 0.4) is 0 Å². The molecule has 1 aromatic heterocycles. The summed E-state index contributed by atoms with van der Waals surface area (Å²) >= 11 is 6.51. The Balaban J connectivity index is 1.61. The number of fused-ring (bicyclic) bond motifs is 1. The van der Waals surface area contributed by atoms with Gasteiger partial charge in [-0.3, -0.25) is 14.5 Å². The van der Waals surface area contributed by atoms with Gasteiger partial charge in [-0.05, 0) is 48.6 Å². The molecule has 0 saturated heterocycles. The highest BCUT2D eigenvalue weighted by atomic mass is 35.5. The number of ether oxygens (including phenoxy) is 2. The van der Waals surface area contributed by atoms with Crippen LogP contribution < -0.4 is 4.90 Å². The summed E-state index contributed by atoms with van der Waals surface area (Å²) in [5.74, 6) is -0.652. The van der Waals surface area contributed by atoms with Gasteiger partial charge in [0.15, 0.2) is 11.5 Å². The number of amides is 1. The lowest BCUT2D eigenvalue weighted by Gasteiger charge is -2.39. The van der Waals surface area contributed by atoms with Crippen molar-refractivity contribution in [1.29, 1.82) is 0 Å². The second-order valence-electron chi connectivity index (χ2n) is 8.71. The van der Waals surface area contributed by atoms with E-state index in [1.807, 2.05) is 6.92 Å². The first-order valence-electron chi connectivity index (χ1n) is 10.9. The monoisotopic (exact) mass is 466 g/mol. The molecule has 5 unspecified atom stereocenters. The highest BCUT2D eigenvalue weighted by molar-refractivity contribution is 6.21. The van der Waals surface area contributed by atoms with Gasteiger partial charge in [0.25, 0.3) is 5.91 Å². The fourth-order valence-electron chi connectivity index (χ4n) is 4.99. The third-order valence-corrected chi connectivity index (χ3v) is 7.36. The Morgan fingerprint density at radius 2 is 1.91 bits per heavy atom. The second-order valence-corrected chi connectivity index (χ2v) is 9.27. The van der Waals surface area contributed by atoms with Crippen LogP contribution in [0.2, 0.25) is 0 Å². The zero-order valence-corrected chi connectivity index (χ0v) is 19.0. The summed E-state index contributed by atoms with van der Waals surface area (Å²) in [6.07, 6.45) is 2.36. The van der Waals surface area contributed by atoms with Crippen molar-refractivity contribution in [2.75, 3.05) is 12.0 Å².